The number of carbonyl (C=O) groups excluding carboxylic acids is 3. The van der Waals surface area contributed by atoms with Crippen molar-refractivity contribution in [3.8, 4) is 17.2 Å². The minimum absolute atomic E-state index is 0.00741. The fraction of sp³-hybridized carbons (Fsp3) is 0.364. The van der Waals surface area contributed by atoms with E-state index in [9.17, 15) is 37.5 Å². The molecule has 0 radical (unpaired) electrons. The van der Waals surface area contributed by atoms with Gasteiger partial charge in [0.15, 0.2) is 0 Å². The summed E-state index contributed by atoms with van der Waals surface area (Å²) in [7, 11) is 1.24. The zero-order valence-corrected chi connectivity index (χ0v) is 33.0. The van der Waals surface area contributed by atoms with Gasteiger partial charge >= 0.3 is 18.1 Å². The molecule has 0 atom stereocenters. The van der Waals surface area contributed by atoms with Crippen molar-refractivity contribution in [3.63, 3.8) is 0 Å². The number of rotatable bonds is 21. The van der Waals surface area contributed by atoms with Crippen LogP contribution in [0, 0.1) is 0 Å². The lowest BCUT2D eigenvalue weighted by Crippen LogP contribution is -2.35. The molecule has 310 valence electrons. The first-order chi connectivity index (χ1) is 27.7. The first kappa shape index (κ1) is 44.7. The fourth-order valence-electron chi connectivity index (χ4n) is 5.92. The maximum Gasteiger partial charge on any atom is 0.416 e. The minimum atomic E-state index is -4.72. The Morgan fingerprint density at radius 3 is 2.14 bits per heavy atom. The Balaban J connectivity index is 1.39. The first-order valence-electron chi connectivity index (χ1n) is 19.0. The molecule has 0 saturated carbocycles. The topological polar surface area (TPSA) is 141 Å². The Kier molecular flexibility index (Phi) is 16.5. The van der Waals surface area contributed by atoms with E-state index in [-0.39, 0.29) is 41.5 Å². The van der Waals surface area contributed by atoms with E-state index < -0.39 is 54.6 Å². The van der Waals surface area contributed by atoms with Gasteiger partial charge < -0.3 is 34.3 Å². The molecule has 0 saturated heterocycles. The number of halogens is 3. The number of ether oxygens (including phenoxy) is 4. The number of nitrogens with one attached hydrogen (secondary N) is 1. The average molecular weight is 807 g/mol. The summed E-state index contributed by atoms with van der Waals surface area (Å²) in [5.41, 5.74) is 0.530. The zero-order valence-electron chi connectivity index (χ0n) is 33.0. The SMILES string of the molecule is CCCCCCCOc1ccc(C(=O)OCc2ccc(CN(CC(=O)O)C(=O)c3ccc(NC(=O)Cc4ccc(OC)cc4C(F)(F)F)cc3OC(C)C)cc2)cc1. The van der Waals surface area contributed by atoms with E-state index in [0.29, 0.717) is 29.0 Å². The zero-order chi connectivity index (χ0) is 42.2. The highest BCUT2D eigenvalue weighted by molar-refractivity contribution is 6.00. The molecule has 11 nitrogen and oxygen atoms in total. The van der Waals surface area contributed by atoms with E-state index in [1.165, 1.54) is 56.7 Å². The molecule has 4 aromatic carbocycles. The van der Waals surface area contributed by atoms with Gasteiger partial charge in [-0.2, -0.15) is 13.2 Å². The molecule has 0 fully saturated rings. The Morgan fingerprint density at radius 2 is 1.50 bits per heavy atom. The lowest BCUT2D eigenvalue weighted by atomic mass is 10.0. The maximum absolute atomic E-state index is 13.9. The Labute approximate surface area is 336 Å². The van der Waals surface area contributed by atoms with Gasteiger partial charge in [-0.05, 0) is 85.5 Å². The summed E-state index contributed by atoms with van der Waals surface area (Å²) in [4.78, 5) is 52.4. The normalized spacial score (nSPS) is 11.2. The van der Waals surface area contributed by atoms with Crippen LogP contribution < -0.4 is 19.5 Å². The third-order valence-electron chi connectivity index (χ3n) is 8.82. The number of hydrogen-bond acceptors (Lipinski definition) is 8. The van der Waals surface area contributed by atoms with Crippen molar-refractivity contribution >= 4 is 29.4 Å². The smallest absolute Gasteiger partial charge is 0.416 e. The van der Waals surface area contributed by atoms with Crippen molar-refractivity contribution in [3.05, 3.63) is 118 Å². The maximum atomic E-state index is 13.9. The van der Waals surface area contributed by atoms with Gasteiger partial charge in [0.1, 0.15) is 30.4 Å². The second-order valence-corrected chi connectivity index (χ2v) is 13.9. The van der Waals surface area contributed by atoms with Crippen molar-refractivity contribution in [2.24, 2.45) is 0 Å². The van der Waals surface area contributed by atoms with Gasteiger partial charge in [-0.3, -0.25) is 14.4 Å². The lowest BCUT2D eigenvalue weighted by molar-refractivity contribution is -0.139. The number of amides is 2. The van der Waals surface area contributed by atoms with Crippen LogP contribution in [-0.2, 0) is 40.1 Å². The summed E-state index contributed by atoms with van der Waals surface area (Å²) >= 11 is 0. The number of esters is 1. The van der Waals surface area contributed by atoms with Crippen molar-refractivity contribution in [2.75, 3.05) is 25.6 Å². The number of methoxy groups -OCH3 is 1. The highest BCUT2D eigenvalue weighted by Crippen LogP contribution is 2.35. The number of carboxylic acid groups (broad SMARTS) is 1. The summed E-state index contributed by atoms with van der Waals surface area (Å²) in [5, 5.41) is 12.2. The van der Waals surface area contributed by atoms with Gasteiger partial charge in [0.2, 0.25) is 5.91 Å². The van der Waals surface area contributed by atoms with Crippen LogP contribution >= 0.6 is 0 Å². The summed E-state index contributed by atoms with van der Waals surface area (Å²) in [6.07, 6.45) is -0.0975. The Bertz CT molecular complexity index is 2000. The summed E-state index contributed by atoms with van der Waals surface area (Å²) < 4.78 is 63.2. The van der Waals surface area contributed by atoms with Gasteiger partial charge in [-0.1, -0.05) is 62.9 Å². The average Bonchev–Trinajstić information content (AvgIpc) is 3.18. The largest absolute Gasteiger partial charge is 0.497 e. The quantitative estimate of drug-likeness (QED) is 0.0623. The van der Waals surface area contributed by atoms with Crippen LogP contribution in [0.4, 0.5) is 18.9 Å². The van der Waals surface area contributed by atoms with E-state index in [2.05, 4.69) is 12.2 Å². The third-order valence-corrected chi connectivity index (χ3v) is 8.82. The van der Waals surface area contributed by atoms with Gasteiger partial charge in [-0.15, -0.1) is 0 Å². The van der Waals surface area contributed by atoms with E-state index in [1.54, 1.807) is 62.4 Å². The number of nitrogens with zero attached hydrogens (tertiary/aromatic N) is 1. The summed E-state index contributed by atoms with van der Waals surface area (Å²) in [6, 6.07) is 21.0. The Hall–Kier alpha value is -6.05. The Morgan fingerprint density at radius 1 is 0.828 bits per heavy atom. The van der Waals surface area contributed by atoms with E-state index in [1.807, 2.05) is 0 Å². The molecule has 0 bridgehead atoms. The molecule has 0 aliphatic carbocycles. The van der Waals surface area contributed by atoms with Crippen molar-refractivity contribution in [1.29, 1.82) is 0 Å². The van der Waals surface area contributed by atoms with Crippen LogP contribution in [-0.4, -0.2) is 60.1 Å². The second-order valence-electron chi connectivity index (χ2n) is 13.9. The molecule has 4 rings (SSSR count). The van der Waals surface area contributed by atoms with Crippen molar-refractivity contribution < 1.29 is 56.4 Å². The molecule has 58 heavy (non-hydrogen) atoms. The molecule has 4 aromatic rings. The molecular weight excluding hydrogens is 757 g/mol. The van der Waals surface area contributed by atoms with Gasteiger partial charge in [-0.25, -0.2) is 4.79 Å². The van der Waals surface area contributed by atoms with Crippen LogP contribution in [0.1, 0.15) is 95.8 Å². The van der Waals surface area contributed by atoms with Gasteiger partial charge in [0.05, 0.1) is 42.9 Å². The number of anilines is 1. The highest BCUT2D eigenvalue weighted by atomic mass is 19.4. The molecular formula is C44H49F3N2O9. The number of carbonyl (C=O) groups is 4. The summed E-state index contributed by atoms with van der Waals surface area (Å²) in [5.74, 6) is -2.49. The number of benzene rings is 4. The number of unbranched alkanes of at least 4 members (excludes halogenated alkanes) is 4. The molecule has 0 spiro atoms. The second kappa shape index (κ2) is 21.5. The first-order valence-corrected chi connectivity index (χ1v) is 19.0. The van der Waals surface area contributed by atoms with Crippen molar-refractivity contribution in [1.82, 2.24) is 4.90 Å². The molecule has 0 aromatic heterocycles. The number of carboxylic acids is 1. The number of alkyl halides is 3. The number of aliphatic carboxylic acids is 1. The molecule has 0 aliphatic rings. The van der Waals surface area contributed by atoms with E-state index in [0.717, 1.165) is 23.8 Å². The molecule has 2 N–H and O–H groups in total. The van der Waals surface area contributed by atoms with Gasteiger partial charge in [0, 0.05) is 18.3 Å². The van der Waals surface area contributed by atoms with Crippen LogP contribution in [0.3, 0.4) is 0 Å². The van der Waals surface area contributed by atoms with Gasteiger partial charge in [0.25, 0.3) is 5.91 Å². The number of hydrogen-bond donors (Lipinski definition) is 2. The predicted octanol–water partition coefficient (Wildman–Crippen LogP) is 9.12. The highest BCUT2D eigenvalue weighted by Gasteiger charge is 2.34. The molecule has 14 heteroatoms. The van der Waals surface area contributed by atoms with Crippen LogP contribution in [0.15, 0.2) is 84.9 Å². The van der Waals surface area contributed by atoms with Crippen LogP contribution in [0.2, 0.25) is 0 Å². The van der Waals surface area contributed by atoms with E-state index >= 15 is 0 Å². The van der Waals surface area contributed by atoms with Crippen LogP contribution in [0.25, 0.3) is 0 Å². The molecule has 2 amide bonds. The van der Waals surface area contributed by atoms with E-state index in [4.69, 9.17) is 18.9 Å². The monoisotopic (exact) mass is 806 g/mol. The minimum Gasteiger partial charge on any atom is -0.497 e. The lowest BCUT2D eigenvalue weighted by Gasteiger charge is -2.23. The van der Waals surface area contributed by atoms with Crippen LogP contribution in [0.5, 0.6) is 17.2 Å². The standard InChI is InChI=1S/C44H49F3N2O9/c1-5-6-7-8-9-22-56-35-18-14-32(15-19-35)43(54)57-28-31-12-10-30(11-13-31)26-49(27-41(51)52)42(53)37-21-17-34(24-39(37)58-29(2)3)48-40(50)23-33-16-20-36(55-4)25-38(33)44(45,46)47/h10-21,24-25,29H,5-9,22-23,26-28H2,1-4H3,(H,48,50)(H,51,52). The summed E-state index contributed by atoms with van der Waals surface area (Å²) in [6.45, 7) is 5.43. The predicted molar refractivity (Wildman–Crippen MR) is 211 cm³/mol. The fourth-order valence-corrected chi connectivity index (χ4v) is 5.92. The molecule has 0 heterocycles. The van der Waals surface area contributed by atoms with Crippen molar-refractivity contribution in [2.45, 2.75) is 84.7 Å². The molecule has 0 unspecified atom stereocenters. The molecule has 0 aliphatic heterocycles. The third kappa shape index (κ3) is 13.9.